The molecule has 0 saturated carbocycles. The topological polar surface area (TPSA) is 16.4 Å². The van der Waals surface area contributed by atoms with Crippen molar-refractivity contribution in [2.24, 2.45) is 0 Å². The number of rotatable bonds is 6. The molecule has 0 aliphatic carbocycles. The molecule has 0 atom stereocenters. The van der Waals surface area contributed by atoms with E-state index in [2.05, 4.69) is 193 Å². The Labute approximate surface area is 302 Å². The van der Waals surface area contributed by atoms with Crippen LogP contribution in [0.1, 0.15) is 0 Å². The van der Waals surface area contributed by atoms with Gasteiger partial charge in [0.15, 0.2) is 0 Å². The molecule has 244 valence electrons. The van der Waals surface area contributed by atoms with Gasteiger partial charge >= 0.3 is 0 Å². The van der Waals surface area contributed by atoms with Gasteiger partial charge in [-0.15, -0.1) is 0 Å². The van der Waals surface area contributed by atoms with Crippen molar-refractivity contribution in [3.63, 3.8) is 0 Å². The van der Waals surface area contributed by atoms with E-state index in [0.717, 1.165) is 50.1 Å². The smallest absolute Gasteiger partial charge is 0.143 e. The summed E-state index contributed by atoms with van der Waals surface area (Å²) in [5.74, 6) is 0. The van der Waals surface area contributed by atoms with Crippen LogP contribution in [0.4, 0.5) is 17.1 Å². The molecule has 0 spiro atoms. The molecule has 0 saturated heterocycles. The summed E-state index contributed by atoms with van der Waals surface area (Å²) in [6.07, 6.45) is 0. The molecule has 0 radical (unpaired) electrons. The maximum atomic E-state index is 6.38. The van der Waals surface area contributed by atoms with Crippen LogP contribution in [0.5, 0.6) is 0 Å². The molecule has 52 heavy (non-hydrogen) atoms. The fourth-order valence-corrected chi connectivity index (χ4v) is 7.64. The number of para-hydroxylation sites is 2. The van der Waals surface area contributed by atoms with Crippen molar-refractivity contribution >= 4 is 60.5 Å². The van der Waals surface area contributed by atoms with Crippen LogP contribution in [0.3, 0.4) is 0 Å². The normalized spacial score (nSPS) is 11.5. The Bertz CT molecular complexity index is 2870. The van der Waals surface area contributed by atoms with Gasteiger partial charge in [0.25, 0.3) is 0 Å². The van der Waals surface area contributed by atoms with Crippen molar-refractivity contribution in [1.29, 1.82) is 0 Å². The summed E-state index contributed by atoms with van der Waals surface area (Å²) in [6.45, 7) is 0. The van der Waals surface area contributed by atoms with Gasteiger partial charge in [-0.05, 0) is 97.9 Å². The summed E-state index contributed by atoms with van der Waals surface area (Å²) in [4.78, 5) is 2.33. The van der Waals surface area contributed by atoms with Gasteiger partial charge in [0.2, 0.25) is 0 Å². The lowest BCUT2D eigenvalue weighted by atomic mass is 9.97. The SMILES string of the molecule is c1ccc(-c2ccc(N(c3ccc(-c4ccc5c(ccc6ccccc65)c4)cc3)c3ccc(-c4cccc5c4oc4ccccc45)cc3)cc2)cc1. The van der Waals surface area contributed by atoms with E-state index in [1.54, 1.807) is 0 Å². The molecule has 1 heterocycles. The summed E-state index contributed by atoms with van der Waals surface area (Å²) in [6, 6.07) is 71.7. The van der Waals surface area contributed by atoms with Gasteiger partial charge in [0.1, 0.15) is 11.2 Å². The van der Waals surface area contributed by atoms with Gasteiger partial charge < -0.3 is 9.32 Å². The van der Waals surface area contributed by atoms with Gasteiger partial charge in [-0.2, -0.15) is 0 Å². The average Bonchev–Trinajstić information content (AvgIpc) is 3.61. The minimum Gasteiger partial charge on any atom is -0.455 e. The molecule has 2 heteroatoms. The molecule has 0 aliphatic rings. The second-order valence-electron chi connectivity index (χ2n) is 13.3. The van der Waals surface area contributed by atoms with Crippen LogP contribution in [0.2, 0.25) is 0 Å². The quantitative estimate of drug-likeness (QED) is 0.165. The first-order valence-electron chi connectivity index (χ1n) is 17.8. The zero-order valence-electron chi connectivity index (χ0n) is 28.4. The first kappa shape index (κ1) is 30.0. The van der Waals surface area contributed by atoms with Crippen LogP contribution in [-0.2, 0) is 0 Å². The van der Waals surface area contributed by atoms with Crippen LogP contribution in [0.15, 0.2) is 205 Å². The predicted octanol–water partition coefficient (Wildman–Crippen LogP) is 14.4. The minimum absolute atomic E-state index is 0.910. The number of fused-ring (bicyclic) bond motifs is 6. The molecule has 0 bridgehead atoms. The van der Waals surface area contributed by atoms with Crippen LogP contribution < -0.4 is 4.90 Å². The Morgan fingerprint density at radius 3 is 1.56 bits per heavy atom. The molecule has 0 amide bonds. The van der Waals surface area contributed by atoms with Crippen molar-refractivity contribution < 1.29 is 4.42 Å². The lowest BCUT2D eigenvalue weighted by Crippen LogP contribution is -2.09. The van der Waals surface area contributed by atoms with Crippen molar-refractivity contribution in [3.8, 4) is 33.4 Å². The van der Waals surface area contributed by atoms with E-state index in [1.807, 2.05) is 12.1 Å². The number of anilines is 3. The third-order valence-electron chi connectivity index (χ3n) is 10.3. The third-order valence-corrected chi connectivity index (χ3v) is 10.3. The number of hydrogen-bond donors (Lipinski definition) is 0. The molecule has 0 fully saturated rings. The summed E-state index contributed by atoms with van der Waals surface area (Å²) in [5, 5.41) is 7.36. The summed E-state index contributed by atoms with van der Waals surface area (Å²) in [7, 11) is 0. The molecule has 9 aromatic carbocycles. The first-order chi connectivity index (χ1) is 25.8. The Morgan fingerprint density at radius 2 is 0.827 bits per heavy atom. The Hall–Kier alpha value is -6.90. The number of furan rings is 1. The Balaban J connectivity index is 1.03. The first-order valence-corrected chi connectivity index (χ1v) is 17.8. The highest BCUT2D eigenvalue weighted by atomic mass is 16.3. The predicted molar refractivity (Wildman–Crippen MR) is 220 cm³/mol. The Kier molecular flexibility index (Phi) is 7.18. The fraction of sp³-hybridized carbons (Fsp3) is 0. The zero-order valence-corrected chi connectivity index (χ0v) is 28.4. The van der Waals surface area contributed by atoms with Crippen molar-refractivity contribution in [1.82, 2.24) is 0 Å². The molecule has 1 aromatic heterocycles. The molecule has 0 unspecified atom stereocenters. The van der Waals surface area contributed by atoms with Gasteiger partial charge in [-0.25, -0.2) is 0 Å². The number of hydrogen-bond acceptors (Lipinski definition) is 2. The molecule has 2 nitrogen and oxygen atoms in total. The lowest BCUT2D eigenvalue weighted by molar-refractivity contribution is 0.670. The average molecular weight is 664 g/mol. The summed E-state index contributed by atoms with van der Waals surface area (Å²) < 4.78 is 6.38. The number of benzene rings is 9. The van der Waals surface area contributed by atoms with Crippen LogP contribution >= 0.6 is 0 Å². The van der Waals surface area contributed by atoms with E-state index in [0.29, 0.717) is 0 Å². The number of nitrogens with zero attached hydrogens (tertiary/aromatic N) is 1. The van der Waals surface area contributed by atoms with E-state index < -0.39 is 0 Å². The van der Waals surface area contributed by atoms with E-state index in [4.69, 9.17) is 4.42 Å². The minimum atomic E-state index is 0.910. The molecule has 0 N–H and O–H groups in total. The van der Waals surface area contributed by atoms with Crippen LogP contribution in [0.25, 0.3) is 76.9 Å². The van der Waals surface area contributed by atoms with E-state index in [-0.39, 0.29) is 0 Å². The van der Waals surface area contributed by atoms with E-state index in [1.165, 1.54) is 43.8 Å². The lowest BCUT2D eigenvalue weighted by Gasteiger charge is -2.26. The highest BCUT2D eigenvalue weighted by Gasteiger charge is 2.16. The molecule has 10 rings (SSSR count). The second kappa shape index (κ2) is 12.5. The second-order valence-corrected chi connectivity index (χ2v) is 13.3. The van der Waals surface area contributed by atoms with Crippen LogP contribution in [0, 0.1) is 0 Å². The van der Waals surface area contributed by atoms with Gasteiger partial charge in [-0.1, -0.05) is 152 Å². The van der Waals surface area contributed by atoms with Gasteiger partial charge in [-0.3, -0.25) is 0 Å². The van der Waals surface area contributed by atoms with Crippen molar-refractivity contribution in [2.75, 3.05) is 4.90 Å². The van der Waals surface area contributed by atoms with Gasteiger partial charge in [0.05, 0.1) is 0 Å². The Morgan fingerprint density at radius 1 is 0.308 bits per heavy atom. The van der Waals surface area contributed by atoms with E-state index in [9.17, 15) is 0 Å². The van der Waals surface area contributed by atoms with E-state index >= 15 is 0 Å². The monoisotopic (exact) mass is 663 g/mol. The zero-order chi connectivity index (χ0) is 34.4. The summed E-state index contributed by atoms with van der Waals surface area (Å²) in [5.41, 5.74) is 12.1. The molecular weight excluding hydrogens is 631 g/mol. The van der Waals surface area contributed by atoms with Crippen LogP contribution in [-0.4, -0.2) is 0 Å². The molecular formula is C50H33NO. The maximum absolute atomic E-state index is 6.38. The van der Waals surface area contributed by atoms with Crippen molar-refractivity contribution in [3.05, 3.63) is 200 Å². The maximum Gasteiger partial charge on any atom is 0.143 e. The molecule has 10 aromatic rings. The van der Waals surface area contributed by atoms with Gasteiger partial charge in [0, 0.05) is 33.4 Å². The fourth-order valence-electron chi connectivity index (χ4n) is 7.64. The standard InChI is InChI=1S/C50H33NO/c1-2-9-34(10-3-1)35-19-26-41(27-20-35)51(43-30-23-38(24-31-43)46-14-8-15-48-47-13-6-7-16-49(47)52-50(46)48)42-28-21-36(22-29-42)39-25-32-45-40(33-39)18-17-37-11-4-5-12-44(37)45/h1-33H. The highest BCUT2D eigenvalue weighted by molar-refractivity contribution is 6.10. The molecule has 0 aliphatic heterocycles. The summed E-state index contributed by atoms with van der Waals surface area (Å²) >= 11 is 0. The highest BCUT2D eigenvalue weighted by Crippen LogP contribution is 2.40. The largest absolute Gasteiger partial charge is 0.455 e. The third kappa shape index (κ3) is 5.21. The van der Waals surface area contributed by atoms with Crippen molar-refractivity contribution in [2.45, 2.75) is 0 Å².